The highest BCUT2D eigenvalue weighted by Crippen LogP contribution is 2.48. The standard InChI is InChI=1S/C27H24F5NO3/c28-23-22(24(29)26(31)27(32)25(23)30)19-14-36-20-8-5-16(34)13-18(20)21(19)15-3-6-17(7-4-15)35-12-11-33-9-1-2-10-33/h3-8,13,19,21,34H,1-2,9-12,14H2/t19-,21-/m1/s1. The van der Waals surface area contributed by atoms with Gasteiger partial charge in [-0.3, -0.25) is 4.90 Å². The van der Waals surface area contributed by atoms with Crippen molar-refractivity contribution in [1.82, 2.24) is 4.90 Å². The van der Waals surface area contributed by atoms with E-state index in [0.717, 1.165) is 19.6 Å². The summed E-state index contributed by atoms with van der Waals surface area (Å²) in [6, 6.07) is 11.1. The van der Waals surface area contributed by atoms with Crippen molar-refractivity contribution >= 4 is 0 Å². The maximum atomic E-state index is 14.8. The number of halogens is 5. The van der Waals surface area contributed by atoms with Crippen LogP contribution < -0.4 is 9.47 Å². The maximum Gasteiger partial charge on any atom is 0.200 e. The highest BCUT2D eigenvalue weighted by Gasteiger charge is 2.40. The number of likely N-dealkylation sites (tertiary alicyclic amines) is 1. The Morgan fingerprint density at radius 3 is 2.17 bits per heavy atom. The van der Waals surface area contributed by atoms with Gasteiger partial charge in [-0.2, -0.15) is 0 Å². The summed E-state index contributed by atoms with van der Waals surface area (Å²) in [6.07, 6.45) is 2.36. The fourth-order valence-electron chi connectivity index (χ4n) is 5.08. The molecule has 0 saturated carbocycles. The van der Waals surface area contributed by atoms with E-state index in [1.807, 2.05) is 0 Å². The fraction of sp³-hybridized carbons (Fsp3) is 0.333. The molecule has 36 heavy (non-hydrogen) atoms. The zero-order valence-electron chi connectivity index (χ0n) is 19.2. The lowest BCUT2D eigenvalue weighted by Crippen LogP contribution is -2.28. The Morgan fingerprint density at radius 2 is 1.50 bits per heavy atom. The highest BCUT2D eigenvalue weighted by molar-refractivity contribution is 5.51. The van der Waals surface area contributed by atoms with Gasteiger partial charge in [-0.1, -0.05) is 12.1 Å². The molecule has 0 amide bonds. The van der Waals surface area contributed by atoms with Crippen molar-refractivity contribution in [3.05, 3.63) is 88.2 Å². The average molecular weight is 505 g/mol. The van der Waals surface area contributed by atoms with Crippen LogP contribution in [0, 0.1) is 29.1 Å². The smallest absolute Gasteiger partial charge is 0.200 e. The number of aromatic hydroxyl groups is 1. The van der Waals surface area contributed by atoms with Crippen molar-refractivity contribution in [2.45, 2.75) is 24.7 Å². The fourth-order valence-corrected chi connectivity index (χ4v) is 5.08. The first kappa shape index (κ1) is 24.4. The monoisotopic (exact) mass is 505 g/mol. The van der Waals surface area contributed by atoms with Crippen LogP contribution in [0.3, 0.4) is 0 Å². The summed E-state index contributed by atoms with van der Waals surface area (Å²) in [5.41, 5.74) is -0.0276. The number of phenolic OH excluding ortho intramolecular Hbond substituents is 1. The number of ether oxygens (including phenoxy) is 2. The minimum absolute atomic E-state index is 0.123. The van der Waals surface area contributed by atoms with Crippen LogP contribution in [0.1, 0.15) is 41.4 Å². The van der Waals surface area contributed by atoms with E-state index in [9.17, 15) is 27.1 Å². The van der Waals surface area contributed by atoms with Crippen molar-refractivity contribution in [2.24, 2.45) is 0 Å². The molecule has 3 aromatic carbocycles. The molecular formula is C27H24F5NO3. The van der Waals surface area contributed by atoms with Crippen LogP contribution >= 0.6 is 0 Å². The Morgan fingerprint density at radius 1 is 0.861 bits per heavy atom. The third kappa shape index (κ3) is 4.48. The second kappa shape index (κ2) is 9.97. The highest BCUT2D eigenvalue weighted by atomic mass is 19.2. The van der Waals surface area contributed by atoms with Crippen LogP contribution in [-0.4, -0.2) is 42.9 Å². The Balaban J connectivity index is 1.50. The lowest BCUT2D eigenvalue weighted by Gasteiger charge is -2.35. The Hall–Kier alpha value is -3.33. The van der Waals surface area contributed by atoms with Gasteiger partial charge in [-0.25, -0.2) is 22.0 Å². The van der Waals surface area contributed by atoms with Crippen LogP contribution in [0.15, 0.2) is 42.5 Å². The minimum Gasteiger partial charge on any atom is -0.508 e. The second-order valence-corrected chi connectivity index (χ2v) is 9.07. The SMILES string of the molecule is Oc1ccc2c(c1)[C@@H](c1ccc(OCCN3CCCC3)cc1)[C@H](c1c(F)c(F)c(F)c(F)c1F)CO2. The average Bonchev–Trinajstić information content (AvgIpc) is 3.40. The van der Waals surface area contributed by atoms with Crippen molar-refractivity contribution in [2.75, 3.05) is 32.8 Å². The molecule has 0 aliphatic carbocycles. The summed E-state index contributed by atoms with van der Waals surface area (Å²) in [6.45, 7) is 3.08. The first-order valence-corrected chi connectivity index (χ1v) is 11.8. The molecule has 4 nitrogen and oxygen atoms in total. The van der Waals surface area contributed by atoms with Gasteiger partial charge >= 0.3 is 0 Å². The molecule has 0 radical (unpaired) electrons. The molecule has 0 aromatic heterocycles. The van der Waals surface area contributed by atoms with Gasteiger partial charge in [-0.15, -0.1) is 0 Å². The summed E-state index contributed by atoms with van der Waals surface area (Å²) in [7, 11) is 0. The second-order valence-electron chi connectivity index (χ2n) is 9.07. The number of hydrogen-bond acceptors (Lipinski definition) is 4. The number of fused-ring (bicyclic) bond motifs is 1. The predicted molar refractivity (Wildman–Crippen MR) is 122 cm³/mol. The molecule has 0 bridgehead atoms. The first-order chi connectivity index (χ1) is 17.3. The minimum atomic E-state index is -2.21. The lowest BCUT2D eigenvalue weighted by molar-refractivity contribution is 0.235. The van der Waals surface area contributed by atoms with E-state index in [0.29, 0.717) is 29.2 Å². The molecule has 2 aliphatic heterocycles. The third-order valence-corrected chi connectivity index (χ3v) is 6.88. The summed E-state index contributed by atoms with van der Waals surface area (Å²) in [5, 5.41) is 10.1. The first-order valence-electron chi connectivity index (χ1n) is 11.8. The van der Waals surface area contributed by atoms with Crippen molar-refractivity contribution in [3.8, 4) is 17.2 Å². The summed E-state index contributed by atoms with van der Waals surface area (Å²) >= 11 is 0. The van der Waals surface area contributed by atoms with E-state index < -0.39 is 46.5 Å². The molecule has 9 heteroatoms. The number of nitrogens with zero attached hydrogens (tertiary/aromatic N) is 1. The molecule has 1 N–H and O–H groups in total. The summed E-state index contributed by atoms with van der Waals surface area (Å²) < 4.78 is 82.9. The summed E-state index contributed by atoms with van der Waals surface area (Å²) in [5.74, 6) is -11.3. The molecule has 1 saturated heterocycles. The van der Waals surface area contributed by atoms with E-state index in [4.69, 9.17) is 9.47 Å². The van der Waals surface area contributed by atoms with Gasteiger partial charge in [0.1, 0.15) is 23.9 Å². The number of rotatable bonds is 6. The van der Waals surface area contributed by atoms with Crippen molar-refractivity contribution in [3.63, 3.8) is 0 Å². The van der Waals surface area contributed by atoms with Gasteiger partial charge in [0.05, 0.1) is 6.61 Å². The maximum absolute atomic E-state index is 14.8. The van der Waals surface area contributed by atoms with Crippen LogP contribution in [0.2, 0.25) is 0 Å². The number of benzene rings is 3. The molecule has 0 unspecified atom stereocenters. The van der Waals surface area contributed by atoms with Gasteiger partial charge in [0.15, 0.2) is 23.3 Å². The predicted octanol–water partition coefficient (Wildman–Crippen LogP) is 5.87. The van der Waals surface area contributed by atoms with Gasteiger partial charge in [0.2, 0.25) is 5.82 Å². The molecular weight excluding hydrogens is 481 g/mol. The van der Waals surface area contributed by atoms with Crippen LogP contribution in [-0.2, 0) is 0 Å². The molecule has 0 spiro atoms. The largest absolute Gasteiger partial charge is 0.508 e. The van der Waals surface area contributed by atoms with Crippen molar-refractivity contribution in [1.29, 1.82) is 0 Å². The van der Waals surface area contributed by atoms with E-state index >= 15 is 0 Å². The zero-order chi connectivity index (χ0) is 25.4. The molecule has 190 valence electrons. The van der Waals surface area contributed by atoms with Gasteiger partial charge in [0, 0.05) is 29.5 Å². The van der Waals surface area contributed by atoms with Gasteiger partial charge in [0.25, 0.3) is 0 Å². The Bertz CT molecular complexity index is 1230. The van der Waals surface area contributed by atoms with E-state index in [-0.39, 0.29) is 12.4 Å². The molecule has 5 rings (SSSR count). The lowest BCUT2D eigenvalue weighted by atomic mass is 9.75. The van der Waals surface area contributed by atoms with Gasteiger partial charge < -0.3 is 14.6 Å². The molecule has 2 heterocycles. The molecule has 3 aromatic rings. The topological polar surface area (TPSA) is 41.9 Å². The zero-order valence-corrected chi connectivity index (χ0v) is 19.2. The van der Waals surface area contributed by atoms with Crippen molar-refractivity contribution < 1.29 is 36.5 Å². The van der Waals surface area contributed by atoms with Crippen LogP contribution in [0.5, 0.6) is 17.2 Å². The normalized spacial score (nSPS) is 19.7. The summed E-state index contributed by atoms with van der Waals surface area (Å²) in [4.78, 5) is 2.31. The Kier molecular flexibility index (Phi) is 6.75. The Labute approximate surface area is 204 Å². The molecule has 2 aliphatic rings. The number of hydrogen-bond donors (Lipinski definition) is 1. The quantitative estimate of drug-likeness (QED) is 0.259. The van der Waals surface area contributed by atoms with E-state index in [1.54, 1.807) is 24.3 Å². The van der Waals surface area contributed by atoms with E-state index in [1.165, 1.54) is 31.0 Å². The van der Waals surface area contributed by atoms with E-state index in [2.05, 4.69) is 4.90 Å². The van der Waals surface area contributed by atoms with Crippen LogP contribution in [0.25, 0.3) is 0 Å². The van der Waals surface area contributed by atoms with Crippen LogP contribution in [0.4, 0.5) is 22.0 Å². The van der Waals surface area contributed by atoms with Gasteiger partial charge in [-0.05, 0) is 61.8 Å². The molecule has 1 fully saturated rings. The third-order valence-electron chi connectivity index (χ3n) is 6.88. The molecule has 2 atom stereocenters. The number of phenols is 1.